The maximum Gasteiger partial charge on any atom is 0.228 e. The highest BCUT2D eigenvalue weighted by Gasteiger charge is 2.27. The van der Waals surface area contributed by atoms with Gasteiger partial charge in [-0.25, -0.2) is 4.98 Å². The van der Waals surface area contributed by atoms with Crippen molar-refractivity contribution in [3.8, 4) is 6.07 Å². The van der Waals surface area contributed by atoms with E-state index in [1.165, 1.54) is 6.20 Å². The molecular formula is C21H18ClN5O. The molecule has 1 amide bonds. The topological polar surface area (TPSA) is 81.9 Å². The van der Waals surface area contributed by atoms with E-state index >= 15 is 0 Å². The number of nitrogens with zero attached hydrogens (tertiary/aromatic N) is 4. The van der Waals surface area contributed by atoms with E-state index in [1.54, 1.807) is 18.3 Å². The van der Waals surface area contributed by atoms with E-state index in [-0.39, 0.29) is 11.8 Å². The maximum atomic E-state index is 12.6. The van der Waals surface area contributed by atoms with Crippen molar-refractivity contribution in [2.45, 2.75) is 12.8 Å². The Morgan fingerprint density at radius 1 is 1.14 bits per heavy atom. The second-order valence-corrected chi connectivity index (χ2v) is 7.20. The largest absolute Gasteiger partial charge is 0.370 e. The normalized spacial score (nSPS) is 14.6. The number of aromatic nitrogens is 2. The Morgan fingerprint density at radius 2 is 1.93 bits per heavy atom. The average Bonchev–Trinajstić information content (AvgIpc) is 2.74. The van der Waals surface area contributed by atoms with Crippen LogP contribution in [-0.2, 0) is 4.79 Å². The number of amides is 1. The Bertz CT molecular complexity index is 1050. The number of piperidine rings is 1. The summed E-state index contributed by atoms with van der Waals surface area (Å²) >= 11 is 5.83. The van der Waals surface area contributed by atoms with Crippen LogP contribution in [0.1, 0.15) is 18.4 Å². The molecule has 1 aliphatic rings. The number of carbonyl (C=O) groups excluding carboxylic acids is 1. The first-order valence-electron chi connectivity index (χ1n) is 9.11. The average molecular weight is 392 g/mol. The molecular weight excluding hydrogens is 374 g/mol. The van der Waals surface area contributed by atoms with E-state index in [4.69, 9.17) is 11.6 Å². The van der Waals surface area contributed by atoms with Crippen LogP contribution in [0.2, 0.25) is 5.02 Å². The lowest BCUT2D eigenvalue weighted by Crippen LogP contribution is -2.38. The van der Waals surface area contributed by atoms with Crippen molar-refractivity contribution in [3.05, 3.63) is 59.4 Å². The van der Waals surface area contributed by atoms with E-state index in [1.807, 2.05) is 24.3 Å². The third-order valence-electron chi connectivity index (χ3n) is 5.03. The Balaban J connectivity index is 1.49. The molecule has 7 heteroatoms. The first-order valence-corrected chi connectivity index (χ1v) is 9.48. The number of pyridine rings is 2. The Kier molecular flexibility index (Phi) is 5.09. The number of benzene rings is 1. The molecule has 3 aromatic rings. The van der Waals surface area contributed by atoms with Crippen molar-refractivity contribution in [1.29, 1.82) is 5.26 Å². The Morgan fingerprint density at radius 3 is 2.64 bits per heavy atom. The number of hydrogen-bond acceptors (Lipinski definition) is 5. The molecule has 1 aromatic carbocycles. The molecule has 0 unspecified atom stereocenters. The van der Waals surface area contributed by atoms with Crippen LogP contribution in [0.3, 0.4) is 0 Å². The second kappa shape index (κ2) is 7.83. The van der Waals surface area contributed by atoms with Gasteiger partial charge in [0, 0.05) is 36.8 Å². The number of anilines is 2. The van der Waals surface area contributed by atoms with Crippen molar-refractivity contribution >= 4 is 39.9 Å². The zero-order valence-electron chi connectivity index (χ0n) is 15.1. The molecule has 2 aromatic heterocycles. The number of carbonyl (C=O) groups is 1. The van der Waals surface area contributed by atoms with Gasteiger partial charge in [0.1, 0.15) is 11.9 Å². The first kappa shape index (κ1) is 18.2. The fraction of sp³-hybridized carbons (Fsp3) is 0.238. The van der Waals surface area contributed by atoms with Gasteiger partial charge in [0.25, 0.3) is 0 Å². The predicted molar refractivity (Wildman–Crippen MR) is 109 cm³/mol. The lowest BCUT2D eigenvalue weighted by Gasteiger charge is -2.34. The van der Waals surface area contributed by atoms with E-state index in [0.717, 1.165) is 16.6 Å². The van der Waals surface area contributed by atoms with Crippen molar-refractivity contribution < 1.29 is 4.79 Å². The molecule has 1 N–H and O–H groups in total. The smallest absolute Gasteiger partial charge is 0.228 e. The summed E-state index contributed by atoms with van der Waals surface area (Å²) < 4.78 is 0. The highest BCUT2D eigenvalue weighted by atomic mass is 35.5. The fourth-order valence-electron chi connectivity index (χ4n) is 3.59. The minimum absolute atomic E-state index is 0.0328. The van der Waals surface area contributed by atoms with Gasteiger partial charge in [-0.2, -0.15) is 5.26 Å². The molecule has 3 heterocycles. The van der Waals surface area contributed by atoms with E-state index in [0.29, 0.717) is 42.3 Å². The van der Waals surface area contributed by atoms with Crippen LogP contribution < -0.4 is 10.2 Å². The van der Waals surface area contributed by atoms with Gasteiger partial charge in [-0.05, 0) is 31.0 Å². The van der Waals surface area contributed by atoms with Crippen LogP contribution in [0.4, 0.5) is 11.5 Å². The van der Waals surface area contributed by atoms with E-state index in [9.17, 15) is 10.1 Å². The molecule has 1 aliphatic heterocycles. The molecule has 0 saturated carbocycles. The minimum Gasteiger partial charge on any atom is -0.370 e. The molecule has 0 atom stereocenters. The van der Waals surface area contributed by atoms with Crippen molar-refractivity contribution in [1.82, 2.24) is 9.97 Å². The summed E-state index contributed by atoms with van der Waals surface area (Å²) in [7, 11) is 0. The van der Waals surface area contributed by atoms with Gasteiger partial charge in [-0.15, -0.1) is 0 Å². The lowest BCUT2D eigenvalue weighted by molar-refractivity contribution is -0.120. The highest BCUT2D eigenvalue weighted by molar-refractivity contribution is 6.30. The summed E-state index contributed by atoms with van der Waals surface area (Å²) in [6.45, 7) is 1.41. The molecule has 6 nitrogen and oxygen atoms in total. The Labute approximate surface area is 167 Å². The van der Waals surface area contributed by atoms with Gasteiger partial charge < -0.3 is 10.2 Å². The molecule has 0 aliphatic carbocycles. The standard InChI is InChI=1S/C21H18ClN5O/c22-16-5-6-19(25-13-16)26-21(28)14-7-9-27(10-8-14)20-15(11-23)12-24-18-4-2-1-3-17(18)20/h1-6,12-14H,7-10H2,(H,25,26,28). The van der Waals surface area contributed by atoms with Gasteiger partial charge in [-0.1, -0.05) is 29.8 Å². The predicted octanol–water partition coefficient (Wildman–Crippen LogP) is 4.01. The Hall–Kier alpha value is -3.17. The zero-order valence-corrected chi connectivity index (χ0v) is 15.9. The maximum absolute atomic E-state index is 12.6. The summed E-state index contributed by atoms with van der Waals surface area (Å²) in [5.41, 5.74) is 2.34. The van der Waals surface area contributed by atoms with Crippen molar-refractivity contribution in [3.63, 3.8) is 0 Å². The quantitative estimate of drug-likeness (QED) is 0.729. The molecule has 0 bridgehead atoms. The minimum atomic E-state index is -0.0904. The third kappa shape index (κ3) is 3.62. The number of para-hydroxylation sites is 1. The number of halogens is 1. The number of nitrogens with one attached hydrogen (secondary N) is 1. The summed E-state index contributed by atoms with van der Waals surface area (Å²) in [4.78, 5) is 23.2. The molecule has 1 fully saturated rings. The van der Waals surface area contributed by atoms with Crippen LogP contribution in [-0.4, -0.2) is 29.0 Å². The molecule has 28 heavy (non-hydrogen) atoms. The van der Waals surface area contributed by atoms with E-state index in [2.05, 4.69) is 26.3 Å². The second-order valence-electron chi connectivity index (χ2n) is 6.76. The summed E-state index contributed by atoms with van der Waals surface area (Å²) in [6, 6.07) is 13.5. The molecule has 1 saturated heterocycles. The molecule has 0 radical (unpaired) electrons. The van der Waals surface area contributed by atoms with Gasteiger partial charge in [0.2, 0.25) is 5.91 Å². The van der Waals surface area contributed by atoms with Crippen molar-refractivity contribution in [2.75, 3.05) is 23.3 Å². The van der Waals surface area contributed by atoms with Crippen LogP contribution >= 0.6 is 11.6 Å². The number of nitriles is 1. The fourth-order valence-corrected chi connectivity index (χ4v) is 3.70. The lowest BCUT2D eigenvalue weighted by atomic mass is 9.94. The van der Waals surface area contributed by atoms with E-state index < -0.39 is 0 Å². The summed E-state index contributed by atoms with van der Waals surface area (Å²) in [6.07, 6.45) is 4.56. The van der Waals surface area contributed by atoms with Crippen LogP contribution in [0, 0.1) is 17.2 Å². The molecule has 4 rings (SSSR count). The van der Waals surface area contributed by atoms with Crippen LogP contribution in [0.5, 0.6) is 0 Å². The SMILES string of the molecule is N#Cc1cnc2ccccc2c1N1CCC(C(=O)Nc2ccc(Cl)cn2)CC1. The van der Waals surface area contributed by atoms with Gasteiger partial charge >= 0.3 is 0 Å². The van der Waals surface area contributed by atoms with Gasteiger partial charge in [-0.3, -0.25) is 9.78 Å². The highest BCUT2D eigenvalue weighted by Crippen LogP contribution is 2.32. The summed E-state index contributed by atoms with van der Waals surface area (Å²) in [5, 5.41) is 13.9. The van der Waals surface area contributed by atoms with Crippen molar-refractivity contribution in [2.24, 2.45) is 5.92 Å². The zero-order chi connectivity index (χ0) is 19.5. The molecule has 0 spiro atoms. The van der Waals surface area contributed by atoms with Gasteiger partial charge in [0.05, 0.1) is 21.8 Å². The van der Waals surface area contributed by atoms with Crippen LogP contribution in [0.15, 0.2) is 48.8 Å². The first-order chi connectivity index (χ1) is 13.7. The summed E-state index contributed by atoms with van der Waals surface area (Å²) in [5.74, 6) is 0.380. The number of fused-ring (bicyclic) bond motifs is 1. The molecule has 140 valence electrons. The third-order valence-corrected chi connectivity index (χ3v) is 5.25. The van der Waals surface area contributed by atoms with Gasteiger partial charge in [0.15, 0.2) is 0 Å². The van der Waals surface area contributed by atoms with Crippen LogP contribution in [0.25, 0.3) is 10.9 Å². The monoisotopic (exact) mass is 391 g/mol. The number of hydrogen-bond donors (Lipinski definition) is 1. The number of rotatable bonds is 3.